The summed E-state index contributed by atoms with van der Waals surface area (Å²) in [5, 5.41) is 18.3. The quantitative estimate of drug-likeness (QED) is 0.210. The van der Waals surface area contributed by atoms with Crippen molar-refractivity contribution in [2.24, 2.45) is 5.92 Å². The third-order valence-corrected chi connectivity index (χ3v) is 8.99. The Hall–Kier alpha value is -3.54. The first-order valence-corrected chi connectivity index (χ1v) is 15.5. The maximum Gasteiger partial charge on any atom is 0.248 e. The standard InChI is InChI=1S/C32H33F3N4O3S/c33-24-3-4-25(27(18-24)42-15-14-41-13-12-37-31(40)20-5-9-32(34,35)10-6-20)29-30-26(8-16-43-30)28(38-39-29)22-1-2-23-19-36-11-7-21(23)17-22/h1-4,8,16-18,20,36H,5-7,9-15,19H2,(H,37,40). The molecule has 0 bridgehead atoms. The van der Waals surface area contributed by atoms with Crippen LogP contribution in [0.5, 0.6) is 5.75 Å². The number of rotatable bonds is 10. The molecule has 3 heterocycles. The maximum absolute atomic E-state index is 14.3. The minimum absolute atomic E-state index is 0.158. The van der Waals surface area contributed by atoms with Crippen molar-refractivity contribution in [2.75, 3.05) is 32.9 Å². The molecule has 1 amide bonds. The van der Waals surface area contributed by atoms with E-state index in [9.17, 15) is 18.0 Å². The zero-order valence-corrected chi connectivity index (χ0v) is 24.5. The summed E-state index contributed by atoms with van der Waals surface area (Å²) in [6.07, 6.45) is 0.865. The van der Waals surface area contributed by atoms with Gasteiger partial charge in [0, 0.05) is 54.4 Å². The highest BCUT2D eigenvalue weighted by atomic mass is 32.1. The van der Waals surface area contributed by atoms with E-state index < -0.39 is 11.7 Å². The van der Waals surface area contributed by atoms with Gasteiger partial charge in [-0.3, -0.25) is 4.79 Å². The molecule has 1 aliphatic carbocycles. The number of thiophene rings is 1. The fraction of sp³-hybridized carbons (Fsp3) is 0.406. The fourth-order valence-electron chi connectivity index (χ4n) is 5.71. The van der Waals surface area contributed by atoms with Crippen molar-refractivity contribution in [3.05, 3.63) is 64.8 Å². The lowest BCUT2D eigenvalue weighted by Crippen LogP contribution is -2.37. The molecule has 2 aromatic heterocycles. The Bertz CT molecular complexity index is 1600. The van der Waals surface area contributed by atoms with Crippen LogP contribution < -0.4 is 15.4 Å². The number of ether oxygens (including phenoxy) is 2. The predicted molar refractivity (Wildman–Crippen MR) is 160 cm³/mol. The Labute approximate surface area is 251 Å². The molecule has 4 aromatic rings. The van der Waals surface area contributed by atoms with Crippen LogP contribution in [0.1, 0.15) is 36.8 Å². The summed E-state index contributed by atoms with van der Waals surface area (Å²) in [6, 6.07) is 12.8. The minimum Gasteiger partial charge on any atom is -0.490 e. The van der Waals surface area contributed by atoms with Crippen LogP contribution in [0.4, 0.5) is 13.2 Å². The summed E-state index contributed by atoms with van der Waals surface area (Å²) in [7, 11) is 0. The monoisotopic (exact) mass is 610 g/mol. The number of benzene rings is 2. The summed E-state index contributed by atoms with van der Waals surface area (Å²) in [5.74, 6) is -3.34. The van der Waals surface area contributed by atoms with Crippen LogP contribution in [0.3, 0.4) is 0 Å². The molecule has 0 unspecified atom stereocenters. The molecule has 7 nitrogen and oxygen atoms in total. The molecule has 2 N–H and O–H groups in total. The largest absolute Gasteiger partial charge is 0.490 e. The van der Waals surface area contributed by atoms with E-state index in [2.05, 4.69) is 39.0 Å². The van der Waals surface area contributed by atoms with Crippen LogP contribution in [0, 0.1) is 11.7 Å². The molecule has 2 aliphatic rings. The molecule has 6 rings (SSSR count). The van der Waals surface area contributed by atoms with Gasteiger partial charge in [0.2, 0.25) is 11.8 Å². The number of amides is 1. The molecule has 1 fully saturated rings. The van der Waals surface area contributed by atoms with Crippen molar-refractivity contribution >= 4 is 27.3 Å². The Balaban J connectivity index is 1.07. The van der Waals surface area contributed by atoms with Crippen molar-refractivity contribution in [3.8, 4) is 28.3 Å². The second-order valence-corrected chi connectivity index (χ2v) is 11.9. The molecule has 43 heavy (non-hydrogen) atoms. The van der Waals surface area contributed by atoms with Crippen LogP contribution in [-0.4, -0.2) is 54.9 Å². The van der Waals surface area contributed by atoms with Crippen LogP contribution in [0.25, 0.3) is 32.6 Å². The number of alkyl halides is 2. The summed E-state index contributed by atoms with van der Waals surface area (Å²) in [6.45, 7) is 2.72. The molecule has 2 aromatic carbocycles. The number of fused-ring (bicyclic) bond motifs is 2. The van der Waals surface area contributed by atoms with E-state index in [1.807, 2.05) is 11.4 Å². The van der Waals surface area contributed by atoms with Gasteiger partial charge in [-0.25, -0.2) is 13.2 Å². The van der Waals surface area contributed by atoms with Gasteiger partial charge < -0.3 is 20.1 Å². The fourth-order valence-corrected chi connectivity index (χ4v) is 6.60. The highest BCUT2D eigenvalue weighted by Crippen LogP contribution is 2.40. The molecule has 11 heteroatoms. The minimum atomic E-state index is -2.66. The third kappa shape index (κ3) is 6.84. The molecule has 0 saturated heterocycles. The Morgan fingerprint density at radius 2 is 1.86 bits per heavy atom. The second-order valence-electron chi connectivity index (χ2n) is 11.0. The first-order valence-electron chi connectivity index (χ1n) is 14.6. The first-order chi connectivity index (χ1) is 20.9. The smallest absolute Gasteiger partial charge is 0.248 e. The Morgan fingerprint density at radius 1 is 1.02 bits per heavy atom. The number of carbonyl (C=O) groups is 1. The lowest BCUT2D eigenvalue weighted by molar-refractivity contribution is -0.129. The number of hydrogen-bond acceptors (Lipinski definition) is 7. The second kappa shape index (κ2) is 13.0. The SMILES string of the molecule is O=C(NCCOCCOc1cc(F)ccc1-c1nnc(-c2ccc3c(c2)CCNC3)c2ccsc12)C1CCC(F)(F)CC1. The van der Waals surface area contributed by atoms with Gasteiger partial charge in [0.25, 0.3) is 0 Å². The van der Waals surface area contributed by atoms with Crippen molar-refractivity contribution in [3.63, 3.8) is 0 Å². The highest BCUT2D eigenvalue weighted by Gasteiger charge is 2.37. The molecule has 0 atom stereocenters. The number of aromatic nitrogens is 2. The van der Waals surface area contributed by atoms with Gasteiger partial charge in [0.15, 0.2) is 0 Å². The average Bonchev–Trinajstić information content (AvgIpc) is 3.50. The molecule has 0 spiro atoms. The first kappa shape index (κ1) is 29.5. The van der Waals surface area contributed by atoms with E-state index in [-0.39, 0.29) is 63.9 Å². The maximum atomic E-state index is 14.3. The lowest BCUT2D eigenvalue weighted by atomic mass is 9.86. The number of nitrogens with zero attached hydrogens (tertiary/aromatic N) is 2. The normalized spacial score (nSPS) is 16.6. The number of nitrogens with one attached hydrogen (secondary N) is 2. The lowest BCUT2D eigenvalue weighted by Gasteiger charge is -2.27. The van der Waals surface area contributed by atoms with E-state index in [0.717, 1.165) is 40.9 Å². The Morgan fingerprint density at radius 3 is 2.72 bits per heavy atom. The van der Waals surface area contributed by atoms with E-state index in [0.29, 0.717) is 17.0 Å². The van der Waals surface area contributed by atoms with Crippen LogP contribution in [0.2, 0.25) is 0 Å². The van der Waals surface area contributed by atoms with E-state index >= 15 is 0 Å². The van der Waals surface area contributed by atoms with Crippen molar-refractivity contribution in [1.82, 2.24) is 20.8 Å². The molecule has 1 aliphatic heterocycles. The van der Waals surface area contributed by atoms with Crippen LogP contribution in [-0.2, 0) is 22.5 Å². The van der Waals surface area contributed by atoms with E-state index in [4.69, 9.17) is 9.47 Å². The summed E-state index contributed by atoms with van der Waals surface area (Å²) < 4.78 is 53.3. The van der Waals surface area contributed by atoms with Crippen LogP contribution in [0.15, 0.2) is 47.8 Å². The topological polar surface area (TPSA) is 85.4 Å². The highest BCUT2D eigenvalue weighted by molar-refractivity contribution is 7.17. The molecule has 226 valence electrons. The predicted octanol–water partition coefficient (Wildman–Crippen LogP) is 6.15. The molecule has 1 saturated carbocycles. The summed E-state index contributed by atoms with van der Waals surface area (Å²) in [5.41, 5.74) is 5.71. The van der Waals surface area contributed by atoms with Crippen molar-refractivity contribution in [2.45, 2.75) is 44.6 Å². The number of hydrogen-bond donors (Lipinski definition) is 2. The van der Waals surface area contributed by atoms with Crippen molar-refractivity contribution < 1.29 is 27.4 Å². The summed E-state index contributed by atoms with van der Waals surface area (Å²) >= 11 is 1.55. The molecule has 0 radical (unpaired) electrons. The van der Waals surface area contributed by atoms with Gasteiger partial charge in [0.1, 0.15) is 29.6 Å². The van der Waals surface area contributed by atoms with Gasteiger partial charge in [-0.1, -0.05) is 12.1 Å². The molecular weight excluding hydrogens is 577 g/mol. The van der Waals surface area contributed by atoms with E-state index in [1.54, 1.807) is 17.4 Å². The summed E-state index contributed by atoms with van der Waals surface area (Å²) in [4.78, 5) is 12.2. The molecular formula is C32H33F3N4O3S. The van der Waals surface area contributed by atoms with Gasteiger partial charge in [-0.2, -0.15) is 0 Å². The Kier molecular flexibility index (Phi) is 8.92. The van der Waals surface area contributed by atoms with Crippen LogP contribution >= 0.6 is 11.3 Å². The number of halogens is 3. The van der Waals surface area contributed by atoms with Gasteiger partial charge in [-0.15, -0.1) is 21.5 Å². The zero-order chi connectivity index (χ0) is 29.8. The van der Waals surface area contributed by atoms with Gasteiger partial charge in [-0.05, 0) is 66.6 Å². The van der Waals surface area contributed by atoms with Crippen molar-refractivity contribution in [1.29, 1.82) is 0 Å². The average molecular weight is 611 g/mol. The van der Waals surface area contributed by atoms with Gasteiger partial charge >= 0.3 is 0 Å². The number of carbonyl (C=O) groups excluding carboxylic acids is 1. The van der Waals surface area contributed by atoms with E-state index in [1.165, 1.54) is 23.3 Å². The van der Waals surface area contributed by atoms with Gasteiger partial charge in [0.05, 0.1) is 17.9 Å². The third-order valence-electron chi connectivity index (χ3n) is 8.07. The zero-order valence-electron chi connectivity index (χ0n) is 23.6.